The molecule has 100 valence electrons. The summed E-state index contributed by atoms with van der Waals surface area (Å²) in [4.78, 5) is 26.9. The molecule has 0 bridgehead atoms. The highest BCUT2D eigenvalue weighted by atomic mass is 32.1. The second kappa shape index (κ2) is 6.60. The molecule has 0 unspecified atom stereocenters. The van der Waals surface area contributed by atoms with Crippen molar-refractivity contribution in [2.45, 2.75) is 19.9 Å². The lowest BCUT2D eigenvalue weighted by Gasteiger charge is -2.09. The highest BCUT2D eigenvalue weighted by Gasteiger charge is 2.20. The molecule has 1 rings (SSSR count). The lowest BCUT2D eigenvalue weighted by Crippen LogP contribution is -2.30. The van der Waals surface area contributed by atoms with Crippen LogP contribution in [0.3, 0.4) is 0 Å². The van der Waals surface area contributed by atoms with E-state index in [0.717, 1.165) is 11.3 Å². The molecule has 0 aliphatic rings. The molecule has 0 fully saturated rings. The van der Waals surface area contributed by atoms with Crippen molar-refractivity contribution in [3.63, 3.8) is 0 Å². The van der Waals surface area contributed by atoms with E-state index in [4.69, 9.17) is 9.84 Å². The van der Waals surface area contributed by atoms with Gasteiger partial charge in [0, 0.05) is 5.75 Å². The van der Waals surface area contributed by atoms with Gasteiger partial charge in [0.25, 0.3) is 0 Å². The van der Waals surface area contributed by atoms with Crippen molar-refractivity contribution in [2.75, 3.05) is 17.7 Å². The second-order valence-electron chi connectivity index (χ2n) is 3.37. The third-order valence-corrected chi connectivity index (χ3v) is 3.47. The first-order chi connectivity index (χ1) is 8.49. The number of nitrogens with zero attached hydrogens (tertiary/aromatic N) is 1. The van der Waals surface area contributed by atoms with Crippen molar-refractivity contribution >= 4 is 41.0 Å². The Morgan fingerprint density at radius 1 is 1.61 bits per heavy atom. The van der Waals surface area contributed by atoms with E-state index in [1.54, 1.807) is 13.8 Å². The predicted molar refractivity (Wildman–Crippen MR) is 71.7 cm³/mol. The number of ether oxygens (including phenoxy) is 1. The van der Waals surface area contributed by atoms with Crippen LogP contribution in [0.1, 0.15) is 22.3 Å². The number of rotatable bonds is 6. The minimum absolute atomic E-state index is 0.128. The third-order valence-electron chi connectivity index (χ3n) is 2.04. The first-order valence-electron chi connectivity index (χ1n) is 5.24. The number of hydrogen-bond acceptors (Lipinski definition) is 7. The van der Waals surface area contributed by atoms with Crippen molar-refractivity contribution in [1.82, 2.24) is 4.98 Å². The lowest BCUT2D eigenvalue weighted by molar-refractivity contribution is -0.137. The number of hydrogen-bond donors (Lipinski definition) is 3. The lowest BCUT2D eigenvalue weighted by atomic mass is 10.3. The number of carboxylic acids is 1. The van der Waals surface area contributed by atoms with E-state index in [0.29, 0.717) is 15.7 Å². The summed E-state index contributed by atoms with van der Waals surface area (Å²) in [5.41, 5.74) is 0.518. The molecular formula is C10H14N2O4S2. The molecule has 0 spiro atoms. The number of thiol groups is 1. The number of thiazole rings is 1. The Hall–Kier alpha value is -1.28. The van der Waals surface area contributed by atoms with E-state index in [1.807, 2.05) is 0 Å². The van der Waals surface area contributed by atoms with Gasteiger partial charge in [-0.15, -0.1) is 0 Å². The summed E-state index contributed by atoms with van der Waals surface area (Å²) in [5, 5.41) is 12.0. The number of esters is 1. The fraction of sp³-hybridized carbons (Fsp3) is 0.500. The average Bonchev–Trinajstić information content (AvgIpc) is 2.67. The van der Waals surface area contributed by atoms with Crippen LogP contribution in [0, 0.1) is 6.92 Å². The maximum absolute atomic E-state index is 11.6. The third kappa shape index (κ3) is 3.61. The van der Waals surface area contributed by atoms with E-state index < -0.39 is 18.0 Å². The quantitative estimate of drug-likeness (QED) is 0.542. The summed E-state index contributed by atoms with van der Waals surface area (Å²) < 4.78 is 4.87. The molecule has 6 nitrogen and oxygen atoms in total. The Morgan fingerprint density at radius 3 is 2.78 bits per heavy atom. The summed E-state index contributed by atoms with van der Waals surface area (Å²) in [6.45, 7) is 3.67. The molecule has 1 heterocycles. The van der Waals surface area contributed by atoms with Crippen molar-refractivity contribution in [2.24, 2.45) is 0 Å². The van der Waals surface area contributed by atoms with Crippen molar-refractivity contribution in [3.8, 4) is 0 Å². The number of carboxylic acid groups (broad SMARTS) is 1. The molecule has 0 aliphatic heterocycles. The Bertz CT molecular complexity index is 447. The van der Waals surface area contributed by atoms with Gasteiger partial charge < -0.3 is 15.2 Å². The highest BCUT2D eigenvalue weighted by Crippen LogP contribution is 2.24. The topological polar surface area (TPSA) is 88.5 Å². The van der Waals surface area contributed by atoms with E-state index in [1.165, 1.54) is 0 Å². The zero-order valence-electron chi connectivity index (χ0n) is 9.97. The van der Waals surface area contributed by atoms with Crippen LogP contribution in [0.4, 0.5) is 5.13 Å². The Morgan fingerprint density at radius 2 is 2.28 bits per heavy atom. The van der Waals surface area contributed by atoms with Crippen LogP contribution in [-0.2, 0) is 9.53 Å². The molecule has 0 aromatic carbocycles. The van der Waals surface area contributed by atoms with E-state index in [2.05, 4.69) is 22.9 Å². The summed E-state index contributed by atoms with van der Waals surface area (Å²) >= 11 is 5.01. The smallest absolute Gasteiger partial charge is 0.350 e. The maximum Gasteiger partial charge on any atom is 0.350 e. The molecule has 0 aliphatic carbocycles. The van der Waals surface area contributed by atoms with Crippen LogP contribution >= 0.6 is 24.0 Å². The van der Waals surface area contributed by atoms with Gasteiger partial charge in [-0.2, -0.15) is 12.6 Å². The minimum atomic E-state index is -1.02. The SMILES string of the molecule is CCOC(=O)c1sc(N[C@H](CS)C(=O)O)nc1C. The van der Waals surface area contributed by atoms with Gasteiger partial charge in [-0.1, -0.05) is 11.3 Å². The van der Waals surface area contributed by atoms with Gasteiger partial charge in [0.2, 0.25) is 0 Å². The number of carbonyl (C=O) groups excluding carboxylic acids is 1. The van der Waals surface area contributed by atoms with Gasteiger partial charge >= 0.3 is 11.9 Å². The van der Waals surface area contributed by atoms with Gasteiger partial charge in [-0.05, 0) is 13.8 Å². The number of aromatic nitrogens is 1. The summed E-state index contributed by atoms with van der Waals surface area (Å²) in [7, 11) is 0. The molecule has 0 saturated carbocycles. The number of anilines is 1. The van der Waals surface area contributed by atoms with E-state index in [-0.39, 0.29) is 12.4 Å². The molecule has 0 amide bonds. The maximum atomic E-state index is 11.6. The molecule has 18 heavy (non-hydrogen) atoms. The van der Waals surface area contributed by atoms with Gasteiger partial charge in [0.05, 0.1) is 12.3 Å². The van der Waals surface area contributed by atoms with Gasteiger partial charge in [-0.3, -0.25) is 0 Å². The van der Waals surface area contributed by atoms with Crippen molar-refractivity contribution in [3.05, 3.63) is 10.6 Å². The second-order valence-corrected chi connectivity index (χ2v) is 4.74. The zero-order valence-corrected chi connectivity index (χ0v) is 11.7. The molecule has 1 aromatic rings. The van der Waals surface area contributed by atoms with Crippen LogP contribution in [0.25, 0.3) is 0 Å². The summed E-state index contributed by atoms with van der Waals surface area (Å²) in [6.07, 6.45) is 0. The molecule has 8 heteroatoms. The van der Waals surface area contributed by atoms with Crippen LogP contribution in [0.5, 0.6) is 0 Å². The molecular weight excluding hydrogens is 276 g/mol. The zero-order chi connectivity index (χ0) is 13.7. The summed E-state index contributed by atoms with van der Waals surface area (Å²) in [6, 6.07) is -0.839. The van der Waals surface area contributed by atoms with Crippen LogP contribution < -0.4 is 5.32 Å². The fourth-order valence-electron chi connectivity index (χ4n) is 1.18. The average molecular weight is 290 g/mol. The predicted octanol–water partition coefficient (Wildman–Crippen LogP) is 1.42. The fourth-order valence-corrected chi connectivity index (χ4v) is 2.34. The number of carbonyl (C=O) groups is 2. The highest BCUT2D eigenvalue weighted by molar-refractivity contribution is 7.80. The molecule has 1 atom stereocenters. The first kappa shape index (κ1) is 14.8. The Labute approximate surface area is 114 Å². The normalized spacial score (nSPS) is 11.9. The van der Waals surface area contributed by atoms with E-state index >= 15 is 0 Å². The Kier molecular flexibility index (Phi) is 5.42. The van der Waals surface area contributed by atoms with Gasteiger partial charge in [0.1, 0.15) is 10.9 Å². The molecule has 2 N–H and O–H groups in total. The van der Waals surface area contributed by atoms with Crippen LogP contribution in [-0.4, -0.2) is 40.4 Å². The molecule has 0 radical (unpaired) electrons. The Balaban J connectivity index is 2.83. The first-order valence-corrected chi connectivity index (χ1v) is 6.69. The van der Waals surface area contributed by atoms with E-state index in [9.17, 15) is 9.59 Å². The van der Waals surface area contributed by atoms with Crippen LogP contribution in [0.15, 0.2) is 0 Å². The number of aliphatic carboxylic acids is 1. The minimum Gasteiger partial charge on any atom is -0.480 e. The van der Waals surface area contributed by atoms with Crippen molar-refractivity contribution in [1.29, 1.82) is 0 Å². The molecule has 0 saturated heterocycles. The molecule has 1 aromatic heterocycles. The number of aryl methyl sites for hydroxylation is 1. The summed E-state index contributed by atoms with van der Waals surface area (Å²) in [5.74, 6) is -1.34. The monoisotopic (exact) mass is 290 g/mol. The van der Waals surface area contributed by atoms with Gasteiger partial charge in [0.15, 0.2) is 5.13 Å². The standard InChI is InChI=1S/C10H14N2O4S2/c1-3-16-9(15)7-5(2)11-10(18-7)12-6(4-17)8(13)14/h6,17H,3-4H2,1-2H3,(H,11,12)(H,13,14)/t6-/m1/s1. The largest absolute Gasteiger partial charge is 0.480 e. The van der Waals surface area contributed by atoms with Crippen molar-refractivity contribution < 1.29 is 19.4 Å². The number of nitrogens with one attached hydrogen (secondary N) is 1. The van der Waals surface area contributed by atoms with Crippen LogP contribution in [0.2, 0.25) is 0 Å². The van der Waals surface area contributed by atoms with Gasteiger partial charge in [-0.25, -0.2) is 14.6 Å².